The number of hydrogen-bond donors (Lipinski definition) is 2. The zero-order valence-electron chi connectivity index (χ0n) is 17.0. The van der Waals surface area contributed by atoms with E-state index in [1.54, 1.807) is 18.3 Å². The molecule has 164 valence electrons. The monoisotopic (exact) mass is 428 g/mol. The van der Waals surface area contributed by atoms with Gasteiger partial charge in [-0.15, -0.1) is 0 Å². The number of aliphatic hydroxyl groups is 1. The first-order valence-electron chi connectivity index (χ1n) is 10.4. The molecule has 31 heavy (non-hydrogen) atoms. The summed E-state index contributed by atoms with van der Waals surface area (Å²) in [5.41, 5.74) is 6.55. The van der Waals surface area contributed by atoms with Crippen molar-refractivity contribution in [1.82, 2.24) is 4.98 Å². The van der Waals surface area contributed by atoms with Gasteiger partial charge in [0.25, 0.3) is 0 Å². The summed E-state index contributed by atoms with van der Waals surface area (Å²) >= 11 is 0. The number of pyridine rings is 1. The number of amides is 2. The summed E-state index contributed by atoms with van der Waals surface area (Å²) in [4.78, 5) is 31.0. The number of aliphatic hydroxyl groups excluding tert-OH is 1. The van der Waals surface area contributed by atoms with Crippen molar-refractivity contribution in [3.8, 4) is 11.1 Å². The topological polar surface area (TPSA) is 109 Å². The molecule has 0 spiro atoms. The van der Waals surface area contributed by atoms with Gasteiger partial charge in [0.15, 0.2) is 0 Å². The van der Waals surface area contributed by atoms with Gasteiger partial charge < -0.3 is 20.5 Å². The minimum Gasteiger partial charge on any atom is -0.444 e. The smallest absolute Gasteiger partial charge is 0.414 e. The number of cyclic esters (lactones) is 1. The predicted octanol–water partition coefficient (Wildman–Crippen LogP) is 2.44. The Morgan fingerprint density at radius 2 is 2.03 bits per heavy atom. The molecule has 2 saturated heterocycles. The number of benzene rings is 1. The van der Waals surface area contributed by atoms with E-state index in [1.165, 1.54) is 11.0 Å². The molecule has 2 aromatic rings. The Morgan fingerprint density at radius 3 is 2.68 bits per heavy atom. The van der Waals surface area contributed by atoms with Gasteiger partial charge >= 0.3 is 6.09 Å². The maximum atomic E-state index is 14.9. The molecule has 1 unspecified atom stereocenters. The molecule has 2 aliphatic rings. The molecule has 0 aliphatic carbocycles. The molecule has 9 heteroatoms. The number of piperidine rings is 1. The van der Waals surface area contributed by atoms with Crippen LogP contribution >= 0.6 is 0 Å². The van der Waals surface area contributed by atoms with E-state index in [9.17, 15) is 19.1 Å². The van der Waals surface area contributed by atoms with E-state index in [1.807, 2.05) is 12.1 Å². The number of hydrogen-bond acceptors (Lipinski definition) is 6. The lowest BCUT2D eigenvalue weighted by atomic mass is 10.1. The summed E-state index contributed by atoms with van der Waals surface area (Å²) in [6, 6.07) is 8.24. The van der Waals surface area contributed by atoms with Gasteiger partial charge in [-0.2, -0.15) is 0 Å². The molecule has 3 heterocycles. The van der Waals surface area contributed by atoms with E-state index in [4.69, 9.17) is 10.5 Å². The summed E-state index contributed by atoms with van der Waals surface area (Å²) in [5.74, 6) is -0.126. The van der Waals surface area contributed by atoms with Crippen LogP contribution in [0.4, 0.5) is 20.7 Å². The van der Waals surface area contributed by atoms with Crippen LogP contribution in [0.5, 0.6) is 0 Å². The maximum absolute atomic E-state index is 14.9. The Labute approximate surface area is 179 Å². The highest BCUT2D eigenvalue weighted by Gasteiger charge is 2.32. The lowest BCUT2D eigenvalue weighted by molar-refractivity contribution is -0.118. The van der Waals surface area contributed by atoms with Gasteiger partial charge in [-0.3, -0.25) is 9.69 Å². The summed E-state index contributed by atoms with van der Waals surface area (Å²) < 4.78 is 20.1. The molecular formula is C22H25FN4O4. The third-order valence-corrected chi connectivity index (χ3v) is 5.70. The van der Waals surface area contributed by atoms with Crippen LogP contribution in [0.2, 0.25) is 0 Å². The number of ether oxygens (including phenoxy) is 1. The zero-order chi connectivity index (χ0) is 22.0. The molecule has 0 radical (unpaired) electrons. The quantitative estimate of drug-likeness (QED) is 0.732. The predicted molar refractivity (Wildman–Crippen MR) is 113 cm³/mol. The summed E-state index contributed by atoms with van der Waals surface area (Å²) in [5, 5.41) is 9.64. The normalized spacial score (nSPS) is 19.5. The van der Waals surface area contributed by atoms with Crippen molar-refractivity contribution in [2.75, 3.05) is 29.4 Å². The molecular weight excluding hydrogens is 403 g/mol. The average Bonchev–Trinajstić information content (AvgIpc) is 3.13. The van der Waals surface area contributed by atoms with Crippen LogP contribution in [0.3, 0.4) is 0 Å². The molecule has 1 aromatic heterocycles. The number of rotatable bonds is 6. The first-order chi connectivity index (χ1) is 14.9. The van der Waals surface area contributed by atoms with Crippen molar-refractivity contribution in [2.45, 2.75) is 37.9 Å². The second kappa shape index (κ2) is 8.89. The lowest BCUT2D eigenvalue weighted by Crippen LogP contribution is -2.36. The highest BCUT2D eigenvalue weighted by atomic mass is 19.1. The van der Waals surface area contributed by atoms with Crippen molar-refractivity contribution < 1.29 is 23.8 Å². The summed E-state index contributed by atoms with van der Waals surface area (Å²) in [6.07, 6.45) is 2.24. The minimum absolute atomic E-state index is 0.125. The van der Waals surface area contributed by atoms with Gasteiger partial charge in [0.2, 0.25) is 5.91 Å². The standard InChI is InChI=1S/C22H25FN4O4/c23-19-11-15(27-13-17(31-22(27)30)3-5-20(24)29)2-4-18(19)14-1-6-21(25-12-14)26-9-7-16(28)8-10-26/h1-2,4,6,11-12,16-17,28H,3,5,7-10,13H2,(H2,24,29). The molecule has 2 aliphatic heterocycles. The number of primary amides is 1. The number of nitrogens with zero attached hydrogens (tertiary/aromatic N) is 3. The minimum atomic E-state index is -0.570. The van der Waals surface area contributed by atoms with E-state index >= 15 is 0 Å². The second-order valence-electron chi connectivity index (χ2n) is 7.91. The molecule has 4 rings (SSSR count). The van der Waals surface area contributed by atoms with Gasteiger partial charge in [-0.05, 0) is 49.6 Å². The lowest BCUT2D eigenvalue weighted by Gasteiger charge is -2.30. The molecule has 0 bridgehead atoms. The van der Waals surface area contributed by atoms with E-state index < -0.39 is 23.9 Å². The van der Waals surface area contributed by atoms with Gasteiger partial charge in [-0.1, -0.05) is 0 Å². The van der Waals surface area contributed by atoms with Gasteiger partial charge in [-0.25, -0.2) is 14.2 Å². The molecule has 2 fully saturated rings. The van der Waals surface area contributed by atoms with Crippen molar-refractivity contribution in [2.24, 2.45) is 5.73 Å². The van der Waals surface area contributed by atoms with E-state index in [0.29, 0.717) is 36.1 Å². The number of halogens is 1. The van der Waals surface area contributed by atoms with Crippen molar-refractivity contribution >= 4 is 23.5 Å². The fraction of sp³-hybridized carbons (Fsp3) is 0.409. The summed E-state index contributed by atoms with van der Waals surface area (Å²) in [6.45, 7) is 1.72. The van der Waals surface area contributed by atoms with Crippen LogP contribution in [-0.4, -0.2) is 53.9 Å². The van der Waals surface area contributed by atoms with E-state index in [-0.39, 0.29) is 19.1 Å². The molecule has 1 atom stereocenters. The van der Waals surface area contributed by atoms with Crippen molar-refractivity contribution in [3.05, 3.63) is 42.3 Å². The van der Waals surface area contributed by atoms with E-state index in [2.05, 4.69) is 9.88 Å². The molecule has 3 N–H and O–H groups in total. The highest BCUT2D eigenvalue weighted by molar-refractivity contribution is 5.90. The first kappa shape index (κ1) is 21.0. The highest BCUT2D eigenvalue weighted by Crippen LogP contribution is 2.30. The van der Waals surface area contributed by atoms with Crippen LogP contribution in [-0.2, 0) is 9.53 Å². The van der Waals surface area contributed by atoms with Crippen LogP contribution in [0.1, 0.15) is 25.7 Å². The second-order valence-corrected chi connectivity index (χ2v) is 7.91. The van der Waals surface area contributed by atoms with Crippen LogP contribution < -0.4 is 15.5 Å². The fourth-order valence-electron chi connectivity index (χ4n) is 3.92. The summed E-state index contributed by atoms with van der Waals surface area (Å²) in [7, 11) is 0. The Kier molecular flexibility index (Phi) is 6.03. The van der Waals surface area contributed by atoms with Crippen LogP contribution in [0, 0.1) is 5.82 Å². The molecule has 2 amide bonds. The zero-order valence-corrected chi connectivity index (χ0v) is 17.0. The third kappa shape index (κ3) is 4.77. The Bertz CT molecular complexity index is 960. The number of carbonyl (C=O) groups is 2. The number of anilines is 2. The SMILES string of the molecule is NC(=O)CCC1CN(c2ccc(-c3ccc(N4CCC(O)CC4)nc3)c(F)c2)C(=O)O1. The molecule has 1 aromatic carbocycles. The molecule has 0 saturated carbocycles. The van der Waals surface area contributed by atoms with Gasteiger partial charge in [0.05, 0.1) is 18.3 Å². The Balaban J connectivity index is 1.45. The average molecular weight is 428 g/mol. The van der Waals surface area contributed by atoms with Gasteiger partial charge in [0, 0.05) is 36.8 Å². The van der Waals surface area contributed by atoms with Crippen molar-refractivity contribution in [1.29, 1.82) is 0 Å². The Morgan fingerprint density at radius 1 is 1.26 bits per heavy atom. The van der Waals surface area contributed by atoms with Crippen molar-refractivity contribution in [3.63, 3.8) is 0 Å². The number of aromatic nitrogens is 1. The first-order valence-corrected chi connectivity index (χ1v) is 10.4. The van der Waals surface area contributed by atoms with E-state index in [0.717, 1.165) is 18.9 Å². The van der Waals surface area contributed by atoms with Gasteiger partial charge in [0.1, 0.15) is 17.7 Å². The third-order valence-electron chi connectivity index (χ3n) is 5.70. The fourth-order valence-corrected chi connectivity index (χ4v) is 3.92. The van der Waals surface area contributed by atoms with Crippen LogP contribution in [0.25, 0.3) is 11.1 Å². The number of carbonyl (C=O) groups excluding carboxylic acids is 2. The molecule has 8 nitrogen and oxygen atoms in total. The number of nitrogens with two attached hydrogens (primary N) is 1. The van der Waals surface area contributed by atoms with Crippen LogP contribution in [0.15, 0.2) is 36.5 Å². The largest absolute Gasteiger partial charge is 0.444 e. The maximum Gasteiger partial charge on any atom is 0.414 e. The Hall–Kier alpha value is -3.20.